The second-order valence-electron chi connectivity index (χ2n) is 3.35. The summed E-state index contributed by atoms with van der Waals surface area (Å²) in [7, 11) is -2.82. The van der Waals surface area contributed by atoms with Gasteiger partial charge in [0, 0.05) is 17.6 Å². The lowest BCUT2D eigenvalue weighted by molar-refractivity contribution is 0.497. The van der Waals surface area contributed by atoms with Crippen LogP contribution in [0.1, 0.15) is 12.8 Å². The molecule has 0 saturated carbocycles. The fourth-order valence-corrected chi connectivity index (χ4v) is 3.19. The molecular weight excluding hydrogens is 210 g/mol. The summed E-state index contributed by atoms with van der Waals surface area (Å²) in [5.41, 5.74) is 0. The van der Waals surface area contributed by atoms with Crippen molar-refractivity contribution >= 4 is 21.4 Å². The summed E-state index contributed by atoms with van der Waals surface area (Å²) in [6.07, 6.45) is 1.65. The van der Waals surface area contributed by atoms with Gasteiger partial charge in [-0.2, -0.15) is 0 Å². The first-order chi connectivity index (χ1) is 5.99. The highest BCUT2D eigenvalue weighted by molar-refractivity contribution is 7.91. The molecule has 1 aliphatic heterocycles. The average molecular weight is 224 g/mol. The van der Waals surface area contributed by atoms with Crippen LogP contribution in [0.2, 0.25) is 0 Å². The Balaban J connectivity index is 2.39. The molecule has 0 aromatic rings. The second-order valence-corrected chi connectivity index (χ2v) is 6.11. The van der Waals surface area contributed by atoms with Crippen LogP contribution in [0.15, 0.2) is 11.6 Å². The lowest BCUT2D eigenvalue weighted by atomic mass is 10.2. The van der Waals surface area contributed by atoms with Gasteiger partial charge in [-0.3, -0.25) is 0 Å². The first kappa shape index (κ1) is 11.0. The summed E-state index contributed by atoms with van der Waals surface area (Å²) in [5.74, 6) is 0.560. The molecule has 1 N–H and O–H groups in total. The fourth-order valence-electron chi connectivity index (χ4n) is 1.44. The standard InChI is InChI=1S/C8H14ClNO2S/c1-7(9)5-10-8-3-2-4-13(11,12)6-8/h8,10H,1-6H2. The Morgan fingerprint density at radius 2 is 2.31 bits per heavy atom. The third-order valence-corrected chi connectivity index (χ3v) is 4.00. The predicted molar refractivity (Wildman–Crippen MR) is 54.7 cm³/mol. The van der Waals surface area contributed by atoms with E-state index in [0.29, 0.717) is 17.3 Å². The van der Waals surface area contributed by atoms with Crippen molar-refractivity contribution in [2.24, 2.45) is 0 Å². The minimum Gasteiger partial charge on any atom is -0.308 e. The number of sulfone groups is 1. The summed E-state index contributed by atoms with van der Waals surface area (Å²) >= 11 is 5.56. The van der Waals surface area contributed by atoms with Gasteiger partial charge in [-0.25, -0.2) is 8.42 Å². The largest absolute Gasteiger partial charge is 0.308 e. The molecule has 0 bridgehead atoms. The summed E-state index contributed by atoms with van der Waals surface area (Å²) in [4.78, 5) is 0. The number of hydrogen-bond acceptors (Lipinski definition) is 3. The van der Waals surface area contributed by atoms with Crippen LogP contribution in [0.25, 0.3) is 0 Å². The molecule has 1 unspecified atom stereocenters. The van der Waals surface area contributed by atoms with Crippen molar-refractivity contribution in [1.29, 1.82) is 0 Å². The third-order valence-electron chi connectivity index (χ3n) is 2.05. The number of rotatable bonds is 3. The van der Waals surface area contributed by atoms with E-state index in [2.05, 4.69) is 11.9 Å². The van der Waals surface area contributed by atoms with E-state index in [1.54, 1.807) is 0 Å². The van der Waals surface area contributed by atoms with E-state index in [1.165, 1.54) is 0 Å². The van der Waals surface area contributed by atoms with Crippen molar-refractivity contribution in [2.45, 2.75) is 18.9 Å². The normalized spacial score (nSPS) is 27.0. The van der Waals surface area contributed by atoms with Crippen LogP contribution in [0.5, 0.6) is 0 Å². The SMILES string of the molecule is C=C(Cl)CNC1CCCS(=O)(=O)C1. The van der Waals surface area contributed by atoms with E-state index < -0.39 is 9.84 Å². The topological polar surface area (TPSA) is 46.2 Å². The quantitative estimate of drug-likeness (QED) is 0.774. The molecule has 1 rings (SSSR count). The van der Waals surface area contributed by atoms with Crippen LogP contribution in [0, 0.1) is 0 Å². The van der Waals surface area contributed by atoms with E-state index >= 15 is 0 Å². The first-order valence-corrected chi connectivity index (χ1v) is 6.46. The molecule has 13 heavy (non-hydrogen) atoms. The maximum absolute atomic E-state index is 11.2. The molecule has 1 heterocycles. The number of hydrogen-bond donors (Lipinski definition) is 1. The van der Waals surface area contributed by atoms with Crippen LogP contribution in [0.4, 0.5) is 0 Å². The fraction of sp³-hybridized carbons (Fsp3) is 0.750. The minimum absolute atomic E-state index is 0.0502. The van der Waals surface area contributed by atoms with Gasteiger partial charge < -0.3 is 5.32 Å². The monoisotopic (exact) mass is 223 g/mol. The Morgan fingerprint density at radius 3 is 2.85 bits per heavy atom. The van der Waals surface area contributed by atoms with Crippen LogP contribution < -0.4 is 5.32 Å². The van der Waals surface area contributed by atoms with E-state index in [0.717, 1.165) is 12.8 Å². The molecule has 0 radical (unpaired) electrons. The zero-order valence-electron chi connectivity index (χ0n) is 7.42. The predicted octanol–water partition coefficient (Wildman–Crippen LogP) is 0.906. The van der Waals surface area contributed by atoms with Crippen LogP contribution >= 0.6 is 11.6 Å². The summed E-state index contributed by atoms with van der Waals surface area (Å²) in [6, 6.07) is 0.0502. The lowest BCUT2D eigenvalue weighted by Gasteiger charge is -2.22. The molecule has 0 spiro atoms. The summed E-state index contributed by atoms with van der Waals surface area (Å²) < 4.78 is 22.4. The minimum atomic E-state index is -2.82. The molecule has 3 nitrogen and oxygen atoms in total. The third kappa shape index (κ3) is 4.11. The maximum atomic E-state index is 11.2. The van der Waals surface area contributed by atoms with Gasteiger partial charge in [0.05, 0.1) is 11.5 Å². The van der Waals surface area contributed by atoms with Crippen molar-refractivity contribution in [3.63, 3.8) is 0 Å². The van der Waals surface area contributed by atoms with Gasteiger partial charge in [-0.15, -0.1) is 0 Å². The molecule has 0 aromatic heterocycles. The van der Waals surface area contributed by atoms with Gasteiger partial charge in [0.2, 0.25) is 0 Å². The highest BCUT2D eigenvalue weighted by Gasteiger charge is 2.23. The van der Waals surface area contributed by atoms with E-state index in [-0.39, 0.29) is 11.8 Å². The Hall–Kier alpha value is -0.0600. The Morgan fingerprint density at radius 1 is 1.62 bits per heavy atom. The van der Waals surface area contributed by atoms with Crippen LogP contribution in [-0.2, 0) is 9.84 Å². The molecule has 5 heteroatoms. The summed E-state index contributed by atoms with van der Waals surface area (Å²) in [6.45, 7) is 4.02. The van der Waals surface area contributed by atoms with Crippen molar-refractivity contribution in [2.75, 3.05) is 18.1 Å². The molecule has 76 valence electrons. The molecule has 1 saturated heterocycles. The Kier molecular flexibility index (Phi) is 3.76. The van der Waals surface area contributed by atoms with E-state index in [4.69, 9.17) is 11.6 Å². The maximum Gasteiger partial charge on any atom is 0.151 e. The first-order valence-electron chi connectivity index (χ1n) is 4.27. The van der Waals surface area contributed by atoms with Gasteiger partial charge in [-0.1, -0.05) is 18.2 Å². The van der Waals surface area contributed by atoms with Gasteiger partial charge in [0.15, 0.2) is 9.84 Å². The van der Waals surface area contributed by atoms with E-state index in [1.807, 2.05) is 0 Å². The average Bonchev–Trinajstić information content (AvgIpc) is 1.99. The molecule has 0 amide bonds. The van der Waals surface area contributed by atoms with Gasteiger partial charge in [0.25, 0.3) is 0 Å². The second kappa shape index (κ2) is 4.44. The molecule has 1 fully saturated rings. The number of halogens is 1. The zero-order valence-corrected chi connectivity index (χ0v) is 9.00. The van der Waals surface area contributed by atoms with Crippen molar-refractivity contribution in [3.05, 3.63) is 11.6 Å². The van der Waals surface area contributed by atoms with Crippen molar-refractivity contribution in [3.8, 4) is 0 Å². The van der Waals surface area contributed by atoms with E-state index in [9.17, 15) is 8.42 Å². The highest BCUT2D eigenvalue weighted by Crippen LogP contribution is 2.12. The van der Waals surface area contributed by atoms with Crippen LogP contribution in [0.3, 0.4) is 0 Å². The molecular formula is C8H14ClNO2S. The van der Waals surface area contributed by atoms with Gasteiger partial charge in [-0.05, 0) is 12.8 Å². The molecule has 0 aromatic carbocycles. The molecule has 1 aliphatic rings. The van der Waals surface area contributed by atoms with Gasteiger partial charge >= 0.3 is 0 Å². The Bertz CT molecular complexity index is 287. The number of nitrogens with one attached hydrogen (secondary N) is 1. The molecule has 0 aliphatic carbocycles. The Labute approximate surface area is 84.1 Å². The van der Waals surface area contributed by atoms with Crippen molar-refractivity contribution in [1.82, 2.24) is 5.32 Å². The smallest absolute Gasteiger partial charge is 0.151 e. The van der Waals surface area contributed by atoms with Gasteiger partial charge in [0.1, 0.15) is 0 Å². The lowest BCUT2D eigenvalue weighted by Crippen LogP contribution is -2.40. The highest BCUT2D eigenvalue weighted by atomic mass is 35.5. The van der Waals surface area contributed by atoms with Crippen LogP contribution in [-0.4, -0.2) is 32.5 Å². The zero-order chi connectivity index (χ0) is 9.90. The molecule has 1 atom stereocenters. The van der Waals surface area contributed by atoms with Crippen molar-refractivity contribution < 1.29 is 8.42 Å². The summed E-state index contributed by atoms with van der Waals surface area (Å²) in [5, 5.41) is 3.58.